The van der Waals surface area contributed by atoms with Gasteiger partial charge in [-0.15, -0.1) is 0 Å². The van der Waals surface area contributed by atoms with E-state index in [2.05, 4.69) is 10.3 Å². The summed E-state index contributed by atoms with van der Waals surface area (Å²) in [6.07, 6.45) is 1.60. The van der Waals surface area contributed by atoms with Crippen LogP contribution in [0.4, 0.5) is 5.82 Å². The lowest BCUT2D eigenvalue weighted by Crippen LogP contribution is -2.40. The molecule has 0 aliphatic carbocycles. The first-order chi connectivity index (χ1) is 8.40. The number of hydrogen-bond acceptors (Lipinski definition) is 4. The maximum Gasteiger partial charge on any atom is 0.328 e. The SMILES string of the molecule is CC(C)(Nc1nccc2ccc(O)cc12)C(=O)O. The maximum absolute atomic E-state index is 11.1. The van der Waals surface area contributed by atoms with E-state index in [0.29, 0.717) is 11.2 Å². The third-order valence-electron chi connectivity index (χ3n) is 2.72. The zero-order chi connectivity index (χ0) is 13.3. The highest BCUT2D eigenvalue weighted by Crippen LogP contribution is 2.27. The fourth-order valence-corrected chi connectivity index (χ4v) is 1.61. The minimum absolute atomic E-state index is 0.117. The number of benzene rings is 1. The van der Waals surface area contributed by atoms with Gasteiger partial charge in [-0.2, -0.15) is 0 Å². The molecule has 0 spiro atoms. The van der Waals surface area contributed by atoms with Crippen LogP contribution in [0.5, 0.6) is 5.75 Å². The number of nitrogens with zero attached hydrogens (tertiary/aromatic N) is 1. The summed E-state index contributed by atoms with van der Waals surface area (Å²) in [7, 11) is 0. The molecule has 0 atom stereocenters. The predicted molar refractivity (Wildman–Crippen MR) is 68.7 cm³/mol. The Bertz CT molecular complexity index is 608. The molecule has 1 aromatic heterocycles. The van der Waals surface area contributed by atoms with Crippen LogP contribution in [0.2, 0.25) is 0 Å². The molecule has 0 aliphatic heterocycles. The number of aromatic nitrogens is 1. The second kappa shape index (κ2) is 4.18. The van der Waals surface area contributed by atoms with Gasteiger partial charge in [-0.3, -0.25) is 0 Å². The number of carbonyl (C=O) groups is 1. The zero-order valence-electron chi connectivity index (χ0n) is 10.1. The molecule has 0 fully saturated rings. The number of pyridine rings is 1. The first kappa shape index (κ1) is 12.2. The Balaban J connectivity index is 2.51. The predicted octanol–water partition coefficient (Wildman–Crippen LogP) is 2.22. The Morgan fingerprint density at radius 2 is 2.06 bits per heavy atom. The highest BCUT2D eigenvalue weighted by atomic mass is 16.4. The van der Waals surface area contributed by atoms with Crippen LogP contribution < -0.4 is 5.32 Å². The topological polar surface area (TPSA) is 82.5 Å². The molecule has 0 aliphatic rings. The standard InChI is InChI=1S/C13H14N2O3/c1-13(2,12(17)18)15-11-10-7-9(16)4-3-8(10)5-6-14-11/h3-7,16H,1-2H3,(H,14,15)(H,17,18). The molecular formula is C13H14N2O3. The van der Waals surface area contributed by atoms with Gasteiger partial charge in [-0.1, -0.05) is 6.07 Å². The van der Waals surface area contributed by atoms with Crippen molar-refractivity contribution in [1.82, 2.24) is 4.98 Å². The van der Waals surface area contributed by atoms with Gasteiger partial charge in [0.2, 0.25) is 0 Å². The first-order valence-electron chi connectivity index (χ1n) is 5.49. The number of carboxylic acid groups (broad SMARTS) is 1. The number of anilines is 1. The zero-order valence-corrected chi connectivity index (χ0v) is 10.1. The summed E-state index contributed by atoms with van der Waals surface area (Å²) >= 11 is 0. The summed E-state index contributed by atoms with van der Waals surface area (Å²) in [6.45, 7) is 3.11. The van der Waals surface area contributed by atoms with Crippen molar-refractivity contribution in [2.24, 2.45) is 0 Å². The van der Waals surface area contributed by atoms with Crippen LogP contribution in [-0.2, 0) is 4.79 Å². The molecule has 2 rings (SSSR count). The van der Waals surface area contributed by atoms with Crippen molar-refractivity contribution in [2.45, 2.75) is 19.4 Å². The van der Waals surface area contributed by atoms with Crippen molar-refractivity contribution in [3.05, 3.63) is 30.5 Å². The molecule has 2 aromatic rings. The molecule has 0 saturated heterocycles. The van der Waals surface area contributed by atoms with Crippen LogP contribution in [0.15, 0.2) is 30.5 Å². The maximum atomic E-state index is 11.1. The molecule has 94 valence electrons. The van der Waals surface area contributed by atoms with E-state index in [9.17, 15) is 9.90 Å². The Hall–Kier alpha value is -2.30. The van der Waals surface area contributed by atoms with Crippen LogP contribution >= 0.6 is 0 Å². The molecule has 0 unspecified atom stereocenters. The van der Waals surface area contributed by atoms with E-state index < -0.39 is 11.5 Å². The highest BCUT2D eigenvalue weighted by molar-refractivity contribution is 5.94. The van der Waals surface area contributed by atoms with Crippen molar-refractivity contribution >= 4 is 22.6 Å². The second-order valence-electron chi connectivity index (χ2n) is 4.62. The van der Waals surface area contributed by atoms with Gasteiger partial charge in [0.25, 0.3) is 0 Å². The quantitative estimate of drug-likeness (QED) is 0.773. The van der Waals surface area contributed by atoms with Crippen molar-refractivity contribution in [3.63, 3.8) is 0 Å². The molecule has 5 heteroatoms. The van der Waals surface area contributed by atoms with Gasteiger partial charge < -0.3 is 15.5 Å². The average molecular weight is 246 g/mol. The largest absolute Gasteiger partial charge is 0.508 e. The van der Waals surface area contributed by atoms with Crippen molar-refractivity contribution in [3.8, 4) is 5.75 Å². The van der Waals surface area contributed by atoms with E-state index in [-0.39, 0.29) is 5.75 Å². The third kappa shape index (κ3) is 2.20. The van der Waals surface area contributed by atoms with Crippen LogP contribution in [0.3, 0.4) is 0 Å². The van der Waals surface area contributed by atoms with Crippen molar-refractivity contribution in [1.29, 1.82) is 0 Å². The summed E-state index contributed by atoms with van der Waals surface area (Å²) in [5.41, 5.74) is -1.13. The van der Waals surface area contributed by atoms with Crippen molar-refractivity contribution < 1.29 is 15.0 Å². The summed E-state index contributed by atoms with van der Waals surface area (Å²) < 4.78 is 0. The van der Waals surface area contributed by atoms with E-state index in [1.54, 1.807) is 44.3 Å². The van der Waals surface area contributed by atoms with E-state index in [0.717, 1.165) is 5.39 Å². The number of nitrogens with one attached hydrogen (secondary N) is 1. The molecule has 1 aromatic carbocycles. The fraction of sp³-hybridized carbons (Fsp3) is 0.231. The normalized spacial score (nSPS) is 11.4. The summed E-state index contributed by atoms with van der Waals surface area (Å²) in [6, 6.07) is 6.69. The van der Waals surface area contributed by atoms with Gasteiger partial charge in [0, 0.05) is 11.6 Å². The van der Waals surface area contributed by atoms with Crippen LogP contribution in [0.25, 0.3) is 10.8 Å². The molecule has 0 radical (unpaired) electrons. The smallest absolute Gasteiger partial charge is 0.328 e. The van der Waals surface area contributed by atoms with E-state index in [1.165, 1.54) is 0 Å². The average Bonchev–Trinajstić information content (AvgIpc) is 2.29. The monoisotopic (exact) mass is 246 g/mol. The lowest BCUT2D eigenvalue weighted by atomic mass is 10.1. The Kier molecular flexibility index (Phi) is 2.82. The van der Waals surface area contributed by atoms with Crippen LogP contribution in [-0.4, -0.2) is 26.7 Å². The molecule has 0 saturated carbocycles. The van der Waals surface area contributed by atoms with Gasteiger partial charge in [-0.25, -0.2) is 9.78 Å². The Morgan fingerprint density at radius 1 is 1.33 bits per heavy atom. The summed E-state index contributed by atoms with van der Waals surface area (Å²) in [5, 5.41) is 23.0. The molecule has 0 bridgehead atoms. The third-order valence-corrected chi connectivity index (χ3v) is 2.72. The Labute approximate surface area is 104 Å². The number of aromatic hydroxyl groups is 1. The molecule has 5 nitrogen and oxygen atoms in total. The number of phenolic OH excluding ortho intramolecular Hbond substituents is 1. The van der Waals surface area contributed by atoms with Crippen molar-refractivity contribution in [2.75, 3.05) is 5.32 Å². The van der Waals surface area contributed by atoms with E-state index in [4.69, 9.17) is 5.11 Å². The number of hydrogen-bond donors (Lipinski definition) is 3. The molecular weight excluding hydrogens is 232 g/mol. The van der Waals surface area contributed by atoms with E-state index in [1.807, 2.05) is 0 Å². The lowest BCUT2D eigenvalue weighted by Gasteiger charge is -2.22. The lowest BCUT2D eigenvalue weighted by molar-refractivity contribution is -0.141. The fourth-order valence-electron chi connectivity index (χ4n) is 1.61. The first-order valence-corrected chi connectivity index (χ1v) is 5.49. The molecule has 0 amide bonds. The number of fused-ring (bicyclic) bond motifs is 1. The summed E-state index contributed by atoms with van der Waals surface area (Å²) in [5.74, 6) is -0.413. The minimum atomic E-state index is -1.13. The number of phenols is 1. The number of rotatable bonds is 3. The van der Waals surface area contributed by atoms with Crippen LogP contribution in [0, 0.1) is 0 Å². The second-order valence-corrected chi connectivity index (χ2v) is 4.62. The van der Waals surface area contributed by atoms with Gasteiger partial charge in [0.15, 0.2) is 0 Å². The molecule has 1 heterocycles. The molecule has 3 N–H and O–H groups in total. The number of aliphatic carboxylic acids is 1. The van der Waals surface area contributed by atoms with Gasteiger partial charge >= 0.3 is 5.97 Å². The van der Waals surface area contributed by atoms with E-state index >= 15 is 0 Å². The van der Waals surface area contributed by atoms with Gasteiger partial charge in [0.1, 0.15) is 17.1 Å². The number of carboxylic acids is 1. The molecule has 18 heavy (non-hydrogen) atoms. The highest BCUT2D eigenvalue weighted by Gasteiger charge is 2.27. The Morgan fingerprint density at radius 3 is 2.72 bits per heavy atom. The van der Waals surface area contributed by atoms with Gasteiger partial charge in [0.05, 0.1) is 0 Å². The minimum Gasteiger partial charge on any atom is -0.508 e. The van der Waals surface area contributed by atoms with Gasteiger partial charge in [-0.05, 0) is 37.4 Å². The van der Waals surface area contributed by atoms with Crippen LogP contribution in [0.1, 0.15) is 13.8 Å². The summed E-state index contributed by atoms with van der Waals surface area (Å²) in [4.78, 5) is 15.2.